The Bertz CT molecular complexity index is 1850. The van der Waals surface area contributed by atoms with Gasteiger partial charge in [-0.05, 0) is 84.4 Å². The number of hydrogen-bond donors (Lipinski definition) is 3. The second-order valence-corrected chi connectivity index (χ2v) is 15.8. The zero-order chi connectivity index (χ0) is 39.7. The molecule has 3 heterocycles. The molecule has 3 aliphatic rings. The second-order valence-electron chi connectivity index (χ2n) is 15.8. The fraction of sp³-hybridized carbons (Fsp3) is 0.526. The molecule has 16 heteroatoms. The molecule has 5 atom stereocenters. The van der Waals surface area contributed by atoms with Gasteiger partial charge >= 0.3 is 18.2 Å². The molecule has 1 saturated heterocycles. The van der Waals surface area contributed by atoms with E-state index in [4.69, 9.17) is 14.2 Å². The fourth-order valence-electron chi connectivity index (χ4n) is 7.05. The van der Waals surface area contributed by atoms with Crippen LogP contribution in [-0.4, -0.2) is 88.7 Å². The number of nitrogens with zero attached hydrogens (tertiary/aromatic N) is 3. The number of carbonyl (C=O) groups is 4. The Hall–Kier alpha value is -4.99. The Morgan fingerprint density at radius 2 is 1.56 bits per heavy atom. The number of anilines is 1. The number of rotatable bonds is 7. The summed E-state index contributed by atoms with van der Waals surface area (Å²) in [6.45, 7) is 14.4. The maximum atomic E-state index is 15.6. The third-order valence-electron chi connectivity index (χ3n) is 8.82. The lowest BCUT2D eigenvalue weighted by molar-refractivity contribution is -0.144. The van der Waals surface area contributed by atoms with Crippen LogP contribution in [0, 0.1) is 23.4 Å². The van der Waals surface area contributed by atoms with Crippen LogP contribution in [0.5, 0.6) is 0 Å². The number of ether oxygens (including phenoxy) is 3. The van der Waals surface area contributed by atoms with E-state index in [-0.39, 0.29) is 12.0 Å². The van der Waals surface area contributed by atoms with Crippen LogP contribution in [0.3, 0.4) is 0 Å². The molecule has 5 rings (SSSR count). The second kappa shape index (κ2) is 15.8. The standard InChI is InChI=1S/C38H47F3N6O7/c1-19-14-21(43-35(50)53-37(3,4)5)18-47(17-19)33-22-12-13-28(52-20(2)48)30(22)42-16-27(33)44-34(49)32-26(45-36(51)54-38(6,7)8)15-25(41)31(46-32)29-23(39)10-9-11-24(29)40/h9-11,15-16,19,21,27-28,33H,12-14,17-18H2,1-8H3,(H,43,50)(H,44,49)(H,45,51)/t19-,21?,27?,28?,33?/m1/s1. The third-order valence-corrected chi connectivity index (χ3v) is 8.82. The minimum atomic E-state index is -1.21. The maximum absolute atomic E-state index is 15.6. The summed E-state index contributed by atoms with van der Waals surface area (Å²) in [5.41, 5.74) is -2.84. The van der Waals surface area contributed by atoms with Gasteiger partial charge in [-0.25, -0.2) is 27.7 Å². The van der Waals surface area contributed by atoms with Crippen LogP contribution in [0.25, 0.3) is 11.3 Å². The van der Waals surface area contributed by atoms with Crippen molar-refractivity contribution in [1.82, 2.24) is 20.5 Å². The van der Waals surface area contributed by atoms with Gasteiger partial charge in [0, 0.05) is 38.3 Å². The highest BCUT2D eigenvalue weighted by molar-refractivity contribution is 6.03. The van der Waals surface area contributed by atoms with Gasteiger partial charge in [0.25, 0.3) is 5.91 Å². The SMILES string of the molecule is CC(=O)OC1CCC2=C1N=CC(NC(=O)c1nc(-c3c(F)cccc3F)c(F)cc1NC(=O)OC(C)(C)C)C2N1CC(NC(=O)OC(C)(C)C)C[C@@H](C)C1. The van der Waals surface area contributed by atoms with Gasteiger partial charge in [0.15, 0.2) is 11.5 Å². The van der Waals surface area contributed by atoms with E-state index in [2.05, 4.69) is 30.8 Å². The van der Waals surface area contributed by atoms with Crippen molar-refractivity contribution >= 4 is 36.0 Å². The van der Waals surface area contributed by atoms with Gasteiger partial charge in [0.2, 0.25) is 0 Å². The molecular formula is C38H47F3N6O7. The highest BCUT2D eigenvalue weighted by Gasteiger charge is 2.44. The number of amides is 3. The lowest BCUT2D eigenvalue weighted by atomic mass is 9.88. The van der Waals surface area contributed by atoms with Gasteiger partial charge in [-0.1, -0.05) is 13.0 Å². The summed E-state index contributed by atoms with van der Waals surface area (Å²) in [4.78, 5) is 62.7. The number of pyridine rings is 1. The number of aliphatic imine (C=N–C) groups is 1. The molecule has 2 aromatic rings. The number of benzene rings is 1. The first-order valence-corrected chi connectivity index (χ1v) is 17.8. The predicted molar refractivity (Wildman–Crippen MR) is 193 cm³/mol. The molecule has 3 N–H and O–H groups in total. The number of nitrogens with one attached hydrogen (secondary N) is 3. The lowest BCUT2D eigenvalue weighted by Crippen LogP contribution is -2.60. The first kappa shape index (κ1) is 40.2. The lowest BCUT2D eigenvalue weighted by Gasteiger charge is -2.45. The van der Waals surface area contributed by atoms with E-state index in [1.54, 1.807) is 41.5 Å². The van der Waals surface area contributed by atoms with Crippen molar-refractivity contribution in [3.05, 3.63) is 58.7 Å². The van der Waals surface area contributed by atoms with E-state index < -0.39 is 93.5 Å². The molecule has 0 spiro atoms. The maximum Gasteiger partial charge on any atom is 0.412 e. The van der Waals surface area contributed by atoms with Crippen molar-refractivity contribution in [3.8, 4) is 11.3 Å². The number of esters is 1. The van der Waals surface area contributed by atoms with Crippen LogP contribution in [0.15, 0.2) is 40.5 Å². The monoisotopic (exact) mass is 756 g/mol. The van der Waals surface area contributed by atoms with E-state index >= 15 is 4.39 Å². The molecule has 0 radical (unpaired) electrons. The van der Waals surface area contributed by atoms with E-state index in [1.807, 2.05) is 6.92 Å². The quantitative estimate of drug-likeness (QED) is 0.218. The highest BCUT2D eigenvalue weighted by atomic mass is 19.1. The molecule has 1 aromatic carbocycles. The number of halogens is 3. The number of carbonyl (C=O) groups excluding carboxylic acids is 4. The Balaban J connectivity index is 1.53. The number of piperidine rings is 1. The molecule has 2 aliphatic heterocycles. The summed E-state index contributed by atoms with van der Waals surface area (Å²) in [5, 5.41) is 8.20. The Morgan fingerprint density at radius 1 is 0.907 bits per heavy atom. The Kier molecular flexibility index (Phi) is 11.7. The smallest absolute Gasteiger partial charge is 0.412 e. The van der Waals surface area contributed by atoms with E-state index in [0.29, 0.717) is 38.0 Å². The normalized spacial score (nSPS) is 23.0. The van der Waals surface area contributed by atoms with Crippen molar-refractivity contribution in [2.45, 2.75) is 110 Å². The largest absolute Gasteiger partial charge is 0.456 e. The summed E-state index contributed by atoms with van der Waals surface area (Å²) in [5.74, 6) is -4.74. The number of hydrogen-bond acceptors (Lipinski definition) is 10. The first-order chi connectivity index (χ1) is 25.2. The first-order valence-electron chi connectivity index (χ1n) is 17.8. The minimum absolute atomic E-state index is 0.0882. The fourth-order valence-corrected chi connectivity index (χ4v) is 7.05. The van der Waals surface area contributed by atoms with E-state index in [0.717, 1.165) is 29.8 Å². The van der Waals surface area contributed by atoms with Crippen LogP contribution in [-0.2, 0) is 19.0 Å². The Labute approximate surface area is 312 Å². The average Bonchev–Trinajstić information content (AvgIpc) is 3.41. The summed E-state index contributed by atoms with van der Waals surface area (Å²) < 4.78 is 61.8. The zero-order valence-electron chi connectivity index (χ0n) is 31.6. The van der Waals surface area contributed by atoms with Crippen LogP contribution in [0.2, 0.25) is 0 Å². The Morgan fingerprint density at radius 3 is 2.19 bits per heavy atom. The molecule has 13 nitrogen and oxygen atoms in total. The molecular weight excluding hydrogens is 709 g/mol. The van der Waals surface area contributed by atoms with Gasteiger partial charge in [0.1, 0.15) is 34.6 Å². The molecule has 4 unspecified atom stereocenters. The van der Waals surface area contributed by atoms with Crippen LogP contribution in [0.1, 0.15) is 85.1 Å². The van der Waals surface area contributed by atoms with Crippen molar-refractivity contribution in [1.29, 1.82) is 0 Å². The molecule has 1 aliphatic carbocycles. The molecule has 1 aromatic heterocycles. The molecule has 292 valence electrons. The molecule has 54 heavy (non-hydrogen) atoms. The van der Waals surface area contributed by atoms with Gasteiger partial charge < -0.3 is 24.8 Å². The van der Waals surface area contributed by atoms with Gasteiger partial charge in [-0.3, -0.25) is 24.8 Å². The molecule has 1 fully saturated rings. The topological polar surface area (TPSA) is 161 Å². The zero-order valence-corrected chi connectivity index (χ0v) is 31.6. The van der Waals surface area contributed by atoms with Crippen LogP contribution < -0.4 is 16.0 Å². The number of likely N-dealkylation sites (tertiary alicyclic amines) is 1. The predicted octanol–water partition coefficient (Wildman–Crippen LogP) is 6.28. The van der Waals surface area contributed by atoms with Crippen molar-refractivity contribution in [2.24, 2.45) is 10.9 Å². The molecule has 3 amide bonds. The minimum Gasteiger partial charge on any atom is -0.456 e. The summed E-state index contributed by atoms with van der Waals surface area (Å²) in [6, 6.07) is 1.96. The van der Waals surface area contributed by atoms with Gasteiger partial charge in [-0.15, -0.1) is 0 Å². The summed E-state index contributed by atoms with van der Waals surface area (Å²) in [7, 11) is 0. The van der Waals surface area contributed by atoms with E-state index in [1.165, 1.54) is 13.1 Å². The summed E-state index contributed by atoms with van der Waals surface area (Å²) >= 11 is 0. The van der Waals surface area contributed by atoms with Crippen LogP contribution >= 0.6 is 0 Å². The van der Waals surface area contributed by atoms with E-state index in [9.17, 15) is 28.0 Å². The van der Waals surface area contributed by atoms with Gasteiger partial charge in [0.05, 0.1) is 29.0 Å². The van der Waals surface area contributed by atoms with Crippen LogP contribution in [0.4, 0.5) is 28.4 Å². The third kappa shape index (κ3) is 9.75. The van der Waals surface area contributed by atoms with Crippen molar-refractivity contribution < 1.29 is 46.6 Å². The van der Waals surface area contributed by atoms with Crippen molar-refractivity contribution in [3.63, 3.8) is 0 Å². The molecule has 0 saturated carbocycles. The highest BCUT2D eigenvalue weighted by Crippen LogP contribution is 2.39. The average molecular weight is 757 g/mol. The summed E-state index contributed by atoms with van der Waals surface area (Å²) in [6.07, 6.45) is 0.901. The number of aromatic nitrogens is 1. The van der Waals surface area contributed by atoms with Crippen molar-refractivity contribution in [2.75, 3.05) is 18.4 Å². The number of alkyl carbamates (subject to hydrolysis) is 1. The van der Waals surface area contributed by atoms with Gasteiger partial charge in [-0.2, -0.15) is 0 Å². The molecule has 0 bridgehead atoms.